The Morgan fingerprint density at radius 1 is 1.19 bits per heavy atom. The molecule has 118 valence electrons. The highest BCUT2D eigenvalue weighted by Crippen LogP contribution is 2.35. The number of primary sulfonamides is 1. The van der Waals surface area contributed by atoms with Crippen molar-refractivity contribution in [3.8, 4) is 0 Å². The lowest BCUT2D eigenvalue weighted by atomic mass is 9.75. The van der Waals surface area contributed by atoms with Gasteiger partial charge in [-0.25, -0.2) is 13.6 Å². The van der Waals surface area contributed by atoms with Gasteiger partial charge in [0.15, 0.2) is 0 Å². The Morgan fingerprint density at radius 3 is 2.19 bits per heavy atom. The summed E-state index contributed by atoms with van der Waals surface area (Å²) < 4.78 is 22.5. The molecule has 1 fully saturated rings. The molecule has 4 nitrogen and oxygen atoms in total. The Kier molecular flexibility index (Phi) is 4.76. The first-order chi connectivity index (χ1) is 9.67. The third kappa shape index (κ3) is 4.53. The van der Waals surface area contributed by atoms with Crippen LogP contribution in [0.4, 0.5) is 0 Å². The van der Waals surface area contributed by atoms with E-state index in [0.29, 0.717) is 11.5 Å². The molecular formula is C16H26N2O2S. The molecule has 3 N–H and O–H groups in total. The van der Waals surface area contributed by atoms with Gasteiger partial charge in [0.25, 0.3) is 0 Å². The molecule has 0 amide bonds. The maximum Gasteiger partial charge on any atom is 0.238 e. The highest BCUT2D eigenvalue weighted by Gasteiger charge is 2.27. The van der Waals surface area contributed by atoms with Gasteiger partial charge in [-0.15, -0.1) is 0 Å². The summed E-state index contributed by atoms with van der Waals surface area (Å²) in [5.41, 5.74) is 1.56. The molecule has 0 heterocycles. The topological polar surface area (TPSA) is 72.2 Å². The molecule has 0 bridgehead atoms. The molecule has 1 unspecified atom stereocenters. The Balaban J connectivity index is 1.96. The van der Waals surface area contributed by atoms with Crippen LogP contribution in [0.15, 0.2) is 29.2 Å². The summed E-state index contributed by atoms with van der Waals surface area (Å²) >= 11 is 0. The van der Waals surface area contributed by atoms with Crippen molar-refractivity contribution < 1.29 is 8.42 Å². The average Bonchev–Trinajstić information content (AvgIpc) is 2.40. The second-order valence-corrected chi connectivity index (χ2v) is 8.50. The van der Waals surface area contributed by atoms with Crippen molar-refractivity contribution in [2.75, 3.05) is 0 Å². The van der Waals surface area contributed by atoms with Crippen LogP contribution >= 0.6 is 0 Å². The van der Waals surface area contributed by atoms with Crippen molar-refractivity contribution in [3.05, 3.63) is 29.8 Å². The van der Waals surface area contributed by atoms with E-state index in [1.807, 2.05) is 12.1 Å². The number of hydrogen-bond acceptors (Lipinski definition) is 3. The summed E-state index contributed by atoms with van der Waals surface area (Å²) in [4.78, 5) is 0.165. The second kappa shape index (κ2) is 6.07. The molecule has 1 aliphatic rings. The molecule has 0 saturated heterocycles. The normalized spacial score (nSPS) is 21.1. The summed E-state index contributed by atoms with van der Waals surface area (Å²) in [6.07, 6.45) is 4.91. The maximum absolute atomic E-state index is 11.3. The first-order valence-electron chi connectivity index (χ1n) is 7.56. The summed E-state index contributed by atoms with van der Waals surface area (Å²) in [6.45, 7) is 6.78. The van der Waals surface area contributed by atoms with Crippen LogP contribution in [-0.4, -0.2) is 14.5 Å². The first-order valence-corrected chi connectivity index (χ1v) is 9.11. The molecule has 1 aliphatic carbocycles. The van der Waals surface area contributed by atoms with E-state index < -0.39 is 10.0 Å². The summed E-state index contributed by atoms with van der Waals surface area (Å²) in [5.74, 6) is 0. The molecule has 1 aromatic rings. The molecule has 0 spiro atoms. The van der Waals surface area contributed by atoms with Crippen molar-refractivity contribution in [3.63, 3.8) is 0 Å². The van der Waals surface area contributed by atoms with E-state index in [2.05, 4.69) is 26.1 Å². The minimum Gasteiger partial charge on any atom is -0.307 e. The van der Waals surface area contributed by atoms with Gasteiger partial charge in [0.1, 0.15) is 0 Å². The van der Waals surface area contributed by atoms with E-state index in [9.17, 15) is 8.42 Å². The predicted octanol–water partition coefficient (Wildman–Crippen LogP) is 2.95. The molecule has 1 aromatic carbocycles. The molecule has 1 saturated carbocycles. The van der Waals surface area contributed by atoms with Crippen LogP contribution in [-0.2, 0) is 10.0 Å². The lowest BCUT2D eigenvalue weighted by Crippen LogP contribution is -2.37. The Labute approximate surface area is 128 Å². The number of benzene rings is 1. The fraction of sp³-hybridized carbons (Fsp3) is 0.625. The number of sulfonamides is 1. The van der Waals surface area contributed by atoms with Gasteiger partial charge >= 0.3 is 0 Å². The first kappa shape index (κ1) is 16.5. The third-order valence-electron chi connectivity index (χ3n) is 4.53. The predicted molar refractivity (Wildman–Crippen MR) is 85.4 cm³/mol. The number of hydrogen-bond donors (Lipinski definition) is 2. The lowest BCUT2D eigenvalue weighted by molar-refractivity contribution is 0.200. The molecule has 21 heavy (non-hydrogen) atoms. The van der Waals surface area contributed by atoms with Crippen molar-refractivity contribution in [1.29, 1.82) is 0 Å². The zero-order valence-electron chi connectivity index (χ0n) is 13.1. The van der Waals surface area contributed by atoms with E-state index in [4.69, 9.17) is 5.14 Å². The molecule has 2 rings (SSSR count). The number of nitrogens with two attached hydrogens (primary N) is 1. The van der Waals surface area contributed by atoms with Crippen LogP contribution < -0.4 is 10.5 Å². The minimum atomic E-state index is -3.61. The Morgan fingerprint density at radius 2 is 1.71 bits per heavy atom. The van der Waals surface area contributed by atoms with Gasteiger partial charge < -0.3 is 5.32 Å². The zero-order valence-corrected chi connectivity index (χ0v) is 13.9. The highest BCUT2D eigenvalue weighted by atomic mass is 32.2. The average molecular weight is 310 g/mol. The van der Waals surface area contributed by atoms with Crippen molar-refractivity contribution in [2.24, 2.45) is 10.6 Å². The summed E-state index contributed by atoms with van der Waals surface area (Å²) in [5, 5.41) is 8.76. The van der Waals surface area contributed by atoms with Crippen LogP contribution in [0.25, 0.3) is 0 Å². The van der Waals surface area contributed by atoms with E-state index in [1.54, 1.807) is 12.1 Å². The van der Waals surface area contributed by atoms with E-state index in [1.165, 1.54) is 25.7 Å². The fourth-order valence-corrected chi connectivity index (χ4v) is 3.48. The lowest BCUT2D eigenvalue weighted by Gasteiger charge is -2.36. The number of nitrogens with one attached hydrogen (secondary N) is 1. The van der Waals surface area contributed by atoms with Crippen LogP contribution in [0.3, 0.4) is 0 Å². The van der Waals surface area contributed by atoms with Crippen LogP contribution in [0.1, 0.15) is 58.1 Å². The van der Waals surface area contributed by atoms with Crippen LogP contribution in [0, 0.1) is 5.41 Å². The van der Waals surface area contributed by atoms with Crippen molar-refractivity contribution in [1.82, 2.24) is 5.32 Å². The minimum absolute atomic E-state index is 0.165. The Bertz CT molecular complexity index is 569. The number of rotatable bonds is 4. The zero-order chi connectivity index (χ0) is 15.7. The van der Waals surface area contributed by atoms with Gasteiger partial charge in [0, 0.05) is 12.1 Å². The summed E-state index contributed by atoms with van der Waals surface area (Å²) in [6, 6.07) is 7.59. The molecule has 0 aromatic heterocycles. The van der Waals surface area contributed by atoms with Crippen molar-refractivity contribution >= 4 is 10.0 Å². The molecule has 0 radical (unpaired) electrons. The second-order valence-electron chi connectivity index (χ2n) is 6.94. The van der Waals surface area contributed by atoms with Gasteiger partial charge in [0.05, 0.1) is 4.90 Å². The van der Waals surface area contributed by atoms with Gasteiger partial charge in [0.2, 0.25) is 10.0 Å². The van der Waals surface area contributed by atoms with Gasteiger partial charge in [-0.3, -0.25) is 0 Å². The van der Waals surface area contributed by atoms with Crippen LogP contribution in [0.5, 0.6) is 0 Å². The molecule has 0 aliphatic heterocycles. The van der Waals surface area contributed by atoms with E-state index in [0.717, 1.165) is 5.56 Å². The molecule has 5 heteroatoms. The van der Waals surface area contributed by atoms with E-state index in [-0.39, 0.29) is 10.9 Å². The SMILES string of the molecule is CC(NC1CCC(C)(C)CC1)c1ccc(S(N)(=O)=O)cc1. The standard InChI is InChI=1S/C16H26N2O2S/c1-12(18-14-8-10-16(2,3)11-9-14)13-4-6-15(7-5-13)21(17,19)20/h4-7,12,14,18H,8-11H2,1-3H3,(H2,17,19,20). The molecule has 1 atom stereocenters. The van der Waals surface area contributed by atoms with Crippen LogP contribution in [0.2, 0.25) is 0 Å². The monoisotopic (exact) mass is 310 g/mol. The third-order valence-corrected chi connectivity index (χ3v) is 5.46. The quantitative estimate of drug-likeness (QED) is 0.898. The van der Waals surface area contributed by atoms with Crippen molar-refractivity contribution in [2.45, 2.75) is 63.4 Å². The molecular weight excluding hydrogens is 284 g/mol. The fourth-order valence-electron chi connectivity index (χ4n) is 2.96. The Hall–Kier alpha value is -0.910. The maximum atomic E-state index is 11.3. The highest BCUT2D eigenvalue weighted by molar-refractivity contribution is 7.89. The largest absolute Gasteiger partial charge is 0.307 e. The van der Waals surface area contributed by atoms with E-state index >= 15 is 0 Å². The van der Waals surface area contributed by atoms with Gasteiger partial charge in [-0.05, 0) is 55.7 Å². The van der Waals surface area contributed by atoms with Gasteiger partial charge in [-0.1, -0.05) is 26.0 Å². The smallest absolute Gasteiger partial charge is 0.238 e. The van der Waals surface area contributed by atoms with Gasteiger partial charge in [-0.2, -0.15) is 0 Å². The summed E-state index contributed by atoms with van der Waals surface area (Å²) in [7, 11) is -3.61.